The Morgan fingerprint density at radius 3 is 2.94 bits per heavy atom. The number of nitrogens with one attached hydrogen (secondary N) is 1. The van der Waals surface area contributed by atoms with Gasteiger partial charge in [0.2, 0.25) is 5.95 Å². The van der Waals surface area contributed by atoms with Gasteiger partial charge in [0.25, 0.3) is 0 Å². The molecule has 5 N–H and O–H groups in total. The van der Waals surface area contributed by atoms with E-state index in [2.05, 4.69) is 27.2 Å². The summed E-state index contributed by atoms with van der Waals surface area (Å²) < 4.78 is 0. The molecular formula is C11H20N6. The van der Waals surface area contributed by atoms with Crippen LogP contribution in [0.5, 0.6) is 0 Å². The van der Waals surface area contributed by atoms with Gasteiger partial charge >= 0.3 is 0 Å². The summed E-state index contributed by atoms with van der Waals surface area (Å²) in [7, 11) is 0. The SMILES string of the molecule is CC1CCCCCN1c1cc(NN)nc(N)n1. The van der Waals surface area contributed by atoms with Crippen molar-refractivity contribution in [3.05, 3.63) is 6.07 Å². The van der Waals surface area contributed by atoms with Crippen molar-refractivity contribution in [1.82, 2.24) is 9.97 Å². The number of rotatable bonds is 2. The molecule has 2 heterocycles. The molecule has 1 saturated heterocycles. The zero-order valence-electron chi connectivity index (χ0n) is 10.2. The van der Waals surface area contributed by atoms with Gasteiger partial charge in [-0.1, -0.05) is 12.8 Å². The highest BCUT2D eigenvalue weighted by atomic mass is 15.3. The first-order chi connectivity index (χ1) is 8.20. The molecule has 6 heteroatoms. The van der Waals surface area contributed by atoms with Crippen molar-refractivity contribution < 1.29 is 0 Å². The average molecular weight is 236 g/mol. The van der Waals surface area contributed by atoms with E-state index >= 15 is 0 Å². The third kappa shape index (κ3) is 2.76. The van der Waals surface area contributed by atoms with E-state index in [0.29, 0.717) is 11.9 Å². The predicted molar refractivity (Wildman–Crippen MR) is 69.5 cm³/mol. The summed E-state index contributed by atoms with van der Waals surface area (Å²) in [4.78, 5) is 10.6. The molecule has 0 aromatic carbocycles. The fourth-order valence-corrected chi connectivity index (χ4v) is 2.29. The number of nitrogens with two attached hydrogens (primary N) is 2. The van der Waals surface area contributed by atoms with Crippen LogP contribution in [-0.4, -0.2) is 22.6 Å². The van der Waals surface area contributed by atoms with Crippen LogP contribution < -0.4 is 21.9 Å². The van der Waals surface area contributed by atoms with Gasteiger partial charge in [-0.3, -0.25) is 0 Å². The minimum atomic E-state index is 0.256. The van der Waals surface area contributed by atoms with Crippen molar-refractivity contribution in [2.75, 3.05) is 22.6 Å². The number of nitrogens with zero attached hydrogens (tertiary/aromatic N) is 3. The molecule has 1 aliphatic rings. The van der Waals surface area contributed by atoms with Crippen molar-refractivity contribution in [3.63, 3.8) is 0 Å². The van der Waals surface area contributed by atoms with Gasteiger partial charge in [-0.25, -0.2) is 5.84 Å². The number of aromatic nitrogens is 2. The lowest BCUT2D eigenvalue weighted by Gasteiger charge is -2.28. The van der Waals surface area contributed by atoms with Crippen molar-refractivity contribution in [2.45, 2.75) is 38.6 Å². The van der Waals surface area contributed by atoms with Crippen LogP contribution in [0.15, 0.2) is 6.07 Å². The highest BCUT2D eigenvalue weighted by Gasteiger charge is 2.19. The topological polar surface area (TPSA) is 93.1 Å². The molecule has 1 aromatic heterocycles. The lowest BCUT2D eigenvalue weighted by atomic mass is 10.1. The Hall–Kier alpha value is -1.56. The molecule has 1 aliphatic heterocycles. The lowest BCUT2D eigenvalue weighted by molar-refractivity contribution is 0.611. The number of hydrogen-bond acceptors (Lipinski definition) is 6. The standard InChI is InChI=1S/C11H20N6/c1-8-5-3-2-4-6-17(8)10-7-9(16-13)14-11(12)15-10/h7-8H,2-6,13H2,1H3,(H3,12,14,15,16). The second-order valence-electron chi connectivity index (χ2n) is 4.51. The number of hydrazine groups is 1. The smallest absolute Gasteiger partial charge is 0.223 e. The van der Waals surface area contributed by atoms with E-state index in [-0.39, 0.29) is 5.95 Å². The minimum absolute atomic E-state index is 0.256. The fourth-order valence-electron chi connectivity index (χ4n) is 2.29. The van der Waals surface area contributed by atoms with Crippen molar-refractivity contribution >= 4 is 17.6 Å². The summed E-state index contributed by atoms with van der Waals surface area (Å²) in [5.74, 6) is 7.04. The molecule has 0 amide bonds. The fraction of sp³-hybridized carbons (Fsp3) is 0.636. The van der Waals surface area contributed by atoms with Gasteiger partial charge in [0.15, 0.2) is 0 Å². The molecule has 1 aromatic rings. The van der Waals surface area contributed by atoms with Crippen LogP contribution in [0.3, 0.4) is 0 Å². The Bertz CT molecular complexity index is 380. The van der Waals surface area contributed by atoms with Gasteiger partial charge in [0, 0.05) is 18.7 Å². The van der Waals surface area contributed by atoms with E-state index in [9.17, 15) is 0 Å². The molecule has 1 atom stereocenters. The van der Waals surface area contributed by atoms with E-state index in [1.807, 2.05) is 6.07 Å². The number of hydrogen-bond donors (Lipinski definition) is 3. The van der Waals surface area contributed by atoms with Crippen molar-refractivity contribution in [3.8, 4) is 0 Å². The average Bonchev–Trinajstić information content (AvgIpc) is 2.53. The third-order valence-corrected chi connectivity index (χ3v) is 3.23. The van der Waals surface area contributed by atoms with Crippen molar-refractivity contribution in [2.24, 2.45) is 5.84 Å². The molecule has 6 nitrogen and oxygen atoms in total. The quantitative estimate of drug-likeness (QED) is 0.526. The number of anilines is 3. The molecule has 0 aliphatic carbocycles. The Morgan fingerprint density at radius 2 is 2.18 bits per heavy atom. The van der Waals surface area contributed by atoms with Crippen LogP contribution >= 0.6 is 0 Å². The maximum absolute atomic E-state index is 5.68. The van der Waals surface area contributed by atoms with Crippen LogP contribution in [0.4, 0.5) is 17.6 Å². The minimum Gasteiger partial charge on any atom is -0.368 e. The Morgan fingerprint density at radius 1 is 1.35 bits per heavy atom. The first-order valence-corrected chi connectivity index (χ1v) is 6.08. The van der Waals surface area contributed by atoms with Crippen LogP contribution in [0.25, 0.3) is 0 Å². The molecule has 17 heavy (non-hydrogen) atoms. The first kappa shape index (κ1) is 11.9. The monoisotopic (exact) mass is 236 g/mol. The normalized spacial score (nSPS) is 21.1. The first-order valence-electron chi connectivity index (χ1n) is 6.08. The Labute approximate surface area is 101 Å². The molecule has 2 rings (SSSR count). The van der Waals surface area contributed by atoms with Gasteiger partial charge in [-0.05, 0) is 19.8 Å². The molecule has 0 saturated carbocycles. The molecule has 0 radical (unpaired) electrons. The maximum atomic E-state index is 5.68. The van der Waals surface area contributed by atoms with E-state index in [1.165, 1.54) is 25.7 Å². The van der Waals surface area contributed by atoms with Crippen LogP contribution in [0, 0.1) is 0 Å². The van der Waals surface area contributed by atoms with Crippen LogP contribution in [0.2, 0.25) is 0 Å². The Balaban J connectivity index is 2.27. The molecule has 0 spiro atoms. The van der Waals surface area contributed by atoms with Gasteiger partial charge in [-0.2, -0.15) is 9.97 Å². The summed E-state index contributed by atoms with van der Waals surface area (Å²) in [5.41, 5.74) is 8.20. The zero-order valence-corrected chi connectivity index (χ0v) is 10.2. The van der Waals surface area contributed by atoms with Gasteiger partial charge in [-0.15, -0.1) is 0 Å². The van der Waals surface area contributed by atoms with Crippen LogP contribution in [-0.2, 0) is 0 Å². The van der Waals surface area contributed by atoms with E-state index in [0.717, 1.165) is 12.4 Å². The van der Waals surface area contributed by atoms with E-state index < -0.39 is 0 Å². The third-order valence-electron chi connectivity index (χ3n) is 3.23. The summed E-state index contributed by atoms with van der Waals surface area (Å²) in [6.07, 6.45) is 4.94. The molecule has 0 bridgehead atoms. The summed E-state index contributed by atoms with van der Waals surface area (Å²) in [6, 6.07) is 2.33. The molecule has 1 unspecified atom stereocenters. The summed E-state index contributed by atoms with van der Waals surface area (Å²) in [6.45, 7) is 3.24. The van der Waals surface area contributed by atoms with Crippen LogP contribution in [0.1, 0.15) is 32.6 Å². The van der Waals surface area contributed by atoms with Crippen molar-refractivity contribution in [1.29, 1.82) is 0 Å². The predicted octanol–water partition coefficient (Wildman–Crippen LogP) is 1.11. The van der Waals surface area contributed by atoms with Gasteiger partial charge in [0.05, 0.1) is 0 Å². The van der Waals surface area contributed by atoms with E-state index in [1.54, 1.807) is 0 Å². The lowest BCUT2D eigenvalue weighted by Crippen LogP contribution is -2.33. The largest absolute Gasteiger partial charge is 0.368 e. The van der Waals surface area contributed by atoms with E-state index in [4.69, 9.17) is 11.6 Å². The molecular weight excluding hydrogens is 216 g/mol. The maximum Gasteiger partial charge on any atom is 0.223 e. The summed E-state index contributed by atoms with van der Waals surface area (Å²) in [5, 5.41) is 0. The van der Waals surface area contributed by atoms with Gasteiger partial charge < -0.3 is 16.1 Å². The highest BCUT2D eigenvalue weighted by molar-refractivity contribution is 5.52. The second kappa shape index (κ2) is 5.18. The molecule has 94 valence electrons. The zero-order chi connectivity index (χ0) is 12.3. The van der Waals surface area contributed by atoms with Gasteiger partial charge in [0.1, 0.15) is 11.6 Å². The second-order valence-corrected chi connectivity index (χ2v) is 4.51. The Kier molecular flexibility index (Phi) is 3.63. The highest BCUT2D eigenvalue weighted by Crippen LogP contribution is 2.24. The number of nitrogen functional groups attached to an aromatic ring is 2. The summed E-state index contributed by atoms with van der Waals surface area (Å²) >= 11 is 0. The molecule has 1 fully saturated rings.